The number of hydrogen-bond donors (Lipinski definition) is 2. The molecule has 1 amide bonds. The zero-order chi connectivity index (χ0) is 17.0. The van der Waals surface area contributed by atoms with Gasteiger partial charge in [-0.25, -0.2) is 9.48 Å². The molecule has 0 unspecified atom stereocenters. The fraction of sp³-hybridized carbons (Fsp3) is 0.312. The molecule has 6 nitrogen and oxygen atoms in total. The Labute approximate surface area is 139 Å². The number of amides is 1. The molecule has 7 heteroatoms. The first-order valence-electron chi connectivity index (χ1n) is 7.21. The Hall–Kier alpha value is -2.34. The Balaban J connectivity index is 2.11. The van der Waals surface area contributed by atoms with Crippen LogP contribution in [0.25, 0.3) is 5.69 Å². The number of nitrogens with zero attached hydrogens (tertiary/aromatic N) is 2. The molecule has 0 spiro atoms. The van der Waals surface area contributed by atoms with Crippen molar-refractivity contribution < 1.29 is 14.7 Å². The number of carbonyl (C=O) groups is 2. The SMILES string of the molecule is CC(C)C[C@@H](NC(=O)c1cnn(-c2ccc(Cl)cc2)c1)C(=O)O. The van der Waals surface area contributed by atoms with Crippen LogP contribution in [-0.2, 0) is 4.79 Å². The van der Waals surface area contributed by atoms with Crippen LogP contribution in [0.3, 0.4) is 0 Å². The molecule has 0 aliphatic carbocycles. The highest BCUT2D eigenvalue weighted by molar-refractivity contribution is 6.30. The summed E-state index contributed by atoms with van der Waals surface area (Å²) in [6.45, 7) is 3.81. The normalized spacial score (nSPS) is 12.2. The van der Waals surface area contributed by atoms with E-state index in [1.54, 1.807) is 30.5 Å². The van der Waals surface area contributed by atoms with Crippen molar-refractivity contribution in [2.45, 2.75) is 26.3 Å². The summed E-state index contributed by atoms with van der Waals surface area (Å²) in [7, 11) is 0. The van der Waals surface area contributed by atoms with Gasteiger partial charge in [-0.15, -0.1) is 0 Å². The highest BCUT2D eigenvalue weighted by Gasteiger charge is 2.22. The predicted molar refractivity (Wildman–Crippen MR) is 86.9 cm³/mol. The number of hydrogen-bond acceptors (Lipinski definition) is 3. The van der Waals surface area contributed by atoms with Crippen molar-refractivity contribution in [3.05, 3.63) is 47.2 Å². The van der Waals surface area contributed by atoms with E-state index in [-0.39, 0.29) is 5.92 Å². The number of rotatable bonds is 6. The maximum absolute atomic E-state index is 12.2. The third kappa shape index (κ3) is 4.56. The molecule has 0 fully saturated rings. The summed E-state index contributed by atoms with van der Waals surface area (Å²) in [6, 6.07) is 6.08. The Morgan fingerprint density at radius 3 is 2.52 bits per heavy atom. The van der Waals surface area contributed by atoms with Gasteiger partial charge in [-0.2, -0.15) is 5.10 Å². The molecule has 0 saturated carbocycles. The number of aliphatic carboxylic acids is 1. The summed E-state index contributed by atoms with van der Waals surface area (Å²) in [5.41, 5.74) is 1.06. The predicted octanol–water partition coefficient (Wildman–Crippen LogP) is 2.75. The Morgan fingerprint density at radius 2 is 1.96 bits per heavy atom. The summed E-state index contributed by atoms with van der Waals surface area (Å²) in [5, 5.41) is 16.4. The number of carboxylic acid groups (broad SMARTS) is 1. The van der Waals surface area contributed by atoms with E-state index in [4.69, 9.17) is 11.6 Å². The molecule has 2 rings (SSSR count). The van der Waals surface area contributed by atoms with Crippen LogP contribution in [0, 0.1) is 5.92 Å². The van der Waals surface area contributed by atoms with Crippen LogP contribution in [0.4, 0.5) is 0 Å². The van der Waals surface area contributed by atoms with Gasteiger partial charge in [0.1, 0.15) is 6.04 Å². The number of nitrogens with one attached hydrogen (secondary N) is 1. The first kappa shape index (κ1) is 17.0. The van der Waals surface area contributed by atoms with Crippen LogP contribution in [0.15, 0.2) is 36.7 Å². The van der Waals surface area contributed by atoms with Gasteiger partial charge < -0.3 is 10.4 Å². The second kappa shape index (κ2) is 7.28. The van der Waals surface area contributed by atoms with Crippen LogP contribution < -0.4 is 5.32 Å². The molecule has 2 aromatic rings. The molecule has 1 heterocycles. The average Bonchev–Trinajstić information content (AvgIpc) is 2.96. The van der Waals surface area contributed by atoms with Gasteiger partial charge in [0.15, 0.2) is 0 Å². The Morgan fingerprint density at radius 1 is 1.30 bits per heavy atom. The minimum atomic E-state index is -1.04. The van der Waals surface area contributed by atoms with Crippen molar-refractivity contribution in [3.8, 4) is 5.69 Å². The minimum Gasteiger partial charge on any atom is -0.480 e. The van der Waals surface area contributed by atoms with E-state index in [9.17, 15) is 14.7 Å². The maximum Gasteiger partial charge on any atom is 0.326 e. The monoisotopic (exact) mass is 335 g/mol. The molecule has 122 valence electrons. The second-order valence-corrected chi connectivity index (χ2v) is 6.08. The third-order valence-corrected chi connectivity index (χ3v) is 3.50. The van der Waals surface area contributed by atoms with E-state index in [0.717, 1.165) is 5.69 Å². The molecule has 0 radical (unpaired) electrons. The molecular formula is C16H18ClN3O3. The lowest BCUT2D eigenvalue weighted by molar-refractivity contribution is -0.139. The first-order chi connectivity index (χ1) is 10.9. The summed E-state index contributed by atoms with van der Waals surface area (Å²) < 4.78 is 1.53. The van der Waals surface area contributed by atoms with E-state index in [1.807, 2.05) is 13.8 Å². The quantitative estimate of drug-likeness (QED) is 0.850. The molecule has 0 saturated heterocycles. The topological polar surface area (TPSA) is 84.2 Å². The fourth-order valence-electron chi connectivity index (χ4n) is 2.11. The molecule has 0 bridgehead atoms. The molecule has 1 aromatic carbocycles. The van der Waals surface area contributed by atoms with Crippen LogP contribution in [0.2, 0.25) is 5.02 Å². The van der Waals surface area contributed by atoms with E-state index in [2.05, 4.69) is 10.4 Å². The van der Waals surface area contributed by atoms with Crippen molar-refractivity contribution in [1.29, 1.82) is 0 Å². The smallest absolute Gasteiger partial charge is 0.326 e. The number of carbonyl (C=O) groups excluding carboxylic acids is 1. The van der Waals surface area contributed by atoms with Crippen LogP contribution in [-0.4, -0.2) is 32.8 Å². The van der Waals surface area contributed by atoms with Crippen molar-refractivity contribution in [2.75, 3.05) is 0 Å². The first-order valence-corrected chi connectivity index (χ1v) is 7.59. The zero-order valence-corrected chi connectivity index (χ0v) is 13.6. The Bertz CT molecular complexity index is 695. The lowest BCUT2D eigenvalue weighted by Crippen LogP contribution is -2.41. The standard InChI is InChI=1S/C16H18ClN3O3/c1-10(2)7-14(16(22)23)19-15(21)11-8-18-20(9-11)13-5-3-12(17)4-6-13/h3-6,8-10,14H,7H2,1-2H3,(H,19,21)(H,22,23)/t14-/m1/s1. The van der Waals surface area contributed by atoms with Crippen molar-refractivity contribution in [3.63, 3.8) is 0 Å². The molecule has 0 aliphatic rings. The van der Waals surface area contributed by atoms with Gasteiger partial charge in [0.25, 0.3) is 5.91 Å². The highest BCUT2D eigenvalue weighted by Crippen LogP contribution is 2.14. The number of aromatic nitrogens is 2. The van der Waals surface area contributed by atoms with E-state index < -0.39 is 17.9 Å². The lowest BCUT2D eigenvalue weighted by atomic mass is 10.0. The van der Waals surface area contributed by atoms with Gasteiger partial charge >= 0.3 is 5.97 Å². The number of carboxylic acids is 1. The van der Waals surface area contributed by atoms with Gasteiger partial charge in [0.2, 0.25) is 0 Å². The van der Waals surface area contributed by atoms with E-state index >= 15 is 0 Å². The van der Waals surface area contributed by atoms with Crippen LogP contribution >= 0.6 is 11.6 Å². The molecule has 2 N–H and O–H groups in total. The highest BCUT2D eigenvalue weighted by atomic mass is 35.5. The van der Waals surface area contributed by atoms with Crippen LogP contribution in [0.1, 0.15) is 30.6 Å². The lowest BCUT2D eigenvalue weighted by Gasteiger charge is -2.15. The average molecular weight is 336 g/mol. The third-order valence-electron chi connectivity index (χ3n) is 3.25. The Kier molecular flexibility index (Phi) is 5.39. The van der Waals surface area contributed by atoms with Gasteiger partial charge in [0.05, 0.1) is 17.4 Å². The summed E-state index contributed by atoms with van der Waals surface area (Å²) in [5.74, 6) is -1.34. The van der Waals surface area contributed by atoms with Crippen LogP contribution in [0.5, 0.6) is 0 Å². The van der Waals surface area contributed by atoms with E-state index in [1.165, 1.54) is 10.9 Å². The van der Waals surface area contributed by atoms with Crippen molar-refractivity contribution in [1.82, 2.24) is 15.1 Å². The van der Waals surface area contributed by atoms with Crippen molar-refractivity contribution >= 4 is 23.5 Å². The van der Waals surface area contributed by atoms with Gasteiger partial charge in [-0.05, 0) is 36.6 Å². The maximum atomic E-state index is 12.2. The molecule has 1 atom stereocenters. The molecule has 1 aromatic heterocycles. The van der Waals surface area contributed by atoms with Gasteiger partial charge in [0, 0.05) is 11.2 Å². The summed E-state index contributed by atoms with van der Waals surface area (Å²) in [6.07, 6.45) is 3.32. The second-order valence-electron chi connectivity index (χ2n) is 5.64. The zero-order valence-electron chi connectivity index (χ0n) is 12.9. The van der Waals surface area contributed by atoms with Gasteiger partial charge in [-0.3, -0.25) is 4.79 Å². The minimum absolute atomic E-state index is 0.160. The van der Waals surface area contributed by atoms with E-state index in [0.29, 0.717) is 17.0 Å². The fourth-order valence-corrected chi connectivity index (χ4v) is 2.24. The number of benzene rings is 1. The van der Waals surface area contributed by atoms with Crippen molar-refractivity contribution in [2.24, 2.45) is 5.92 Å². The molecule has 0 aliphatic heterocycles. The summed E-state index contributed by atoms with van der Waals surface area (Å²) in [4.78, 5) is 23.4. The number of halogens is 1. The van der Waals surface area contributed by atoms with Gasteiger partial charge in [-0.1, -0.05) is 25.4 Å². The molecule has 23 heavy (non-hydrogen) atoms. The largest absolute Gasteiger partial charge is 0.480 e. The summed E-state index contributed by atoms with van der Waals surface area (Å²) >= 11 is 5.83. The molecular weight excluding hydrogens is 318 g/mol.